The van der Waals surface area contributed by atoms with Crippen molar-refractivity contribution in [2.24, 2.45) is 0 Å². The highest BCUT2D eigenvalue weighted by Crippen LogP contribution is 1.73. The van der Waals surface area contributed by atoms with Gasteiger partial charge in [-0.1, -0.05) is 6.92 Å². The quantitative estimate of drug-likeness (QED) is 0.455. The Balaban J connectivity index is 3.08. The molecule has 1 amide bonds. The van der Waals surface area contributed by atoms with Crippen LogP contribution in [0.4, 0.5) is 0 Å². The predicted octanol–water partition coefficient (Wildman–Crippen LogP) is -0.515. The van der Waals surface area contributed by atoms with Crippen molar-refractivity contribution in [2.75, 3.05) is 26.2 Å². The monoisotopic (exact) mass is 174 g/mol. The van der Waals surface area contributed by atoms with Crippen LogP contribution in [-0.2, 0) is 4.79 Å². The molecule has 0 saturated carbocycles. The third-order valence-electron chi connectivity index (χ3n) is 1.37. The molecule has 0 saturated heterocycles. The molecule has 72 valence electrons. The third-order valence-corrected chi connectivity index (χ3v) is 1.37. The summed E-state index contributed by atoms with van der Waals surface area (Å²) in [4.78, 5) is 10.9. The standard InChI is InChI=1S/C8H18N2O2/c1-2-4-10-8(12)7-9-5-3-6-11/h9,11H,2-7H2,1H3,(H,10,12). The lowest BCUT2D eigenvalue weighted by molar-refractivity contribution is -0.120. The number of amides is 1. The predicted molar refractivity (Wildman–Crippen MR) is 47.9 cm³/mol. The molecule has 0 radical (unpaired) electrons. The number of hydrogen-bond acceptors (Lipinski definition) is 3. The Morgan fingerprint density at radius 2 is 2.17 bits per heavy atom. The summed E-state index contributed by atoms with van der Waals surface area (Å²) in [6.07, 6.45) is 1.66. The van der Waals surface area contributed by atoms with E-state index in [1.165, 1.54) is 0 Å². The van der Waals surface area contributed by atoms with Crippen molar-refractivity contribution in [1.82, 2.24) is 10.6 Å². The van der Waals surface area contributed by atoms with Crippen LogP contribution in [0.5, 0.6) is 0 Å². The minimum atomic E-state index is 0.0230. The maximum absolute atomic E-state index is 10.9. The SMILES string of the molecule is CCCNC(=O)CNCCCO. The third kappa shape index (κ3) is 7.50. The first-order valence-corrected chi connectivity index (χ1v) is 4.39. The fraction of sp³-hybridized carbons (Fsp3) is 0.875. The van der Waals surface area contributed by atoms with Crippen LogP contribution in [0.1, 0.15) is 19.8 Å². The van der Waals surface area contributed by atoms with Crippen molar-refractivity contribution < 1.29 is 9.90 Å². The Kier molecular flexibility index (Phi) is 8.05. The van der Waals surface area contributed by atoms with Crippen LogP contribution in [0.3, 0.4) is 0 Å². The van der Waals surface area contributed by atoms with Crippen molar-refractivity contribution in [2.45, 2.75) is 19.8 Å². The second-order valence-corrected chi connectivity index (χ2v) is 2.60. The molecule has 3 N–H and O–H groups in total. The van der Waals surface area contributed by atoms with Gasteiger partial charge in [0.2, 0.25) is 5.91 Å². The van der Waals surface area contributed by atoms with Crippen molar-refractivity contribution in [1.29, 1.82) is 0 Å². The minimum absolute atomic E-state index is 0.0230. The van der Waals surface area contributed by atoms with E-state index in [0.717, 1.165) is 13.0 Å². The molecular weight excluding hydrogens is 156 g/mol. The lowest BCUT2D eigenvalue weighted by Crippen LogP contribution is -2.34. The zero-order valence-corrected chi connectivity index (χ0v) is 7.60. The molecule has 0 fully saturated rings. The van der Waals surface area contributed by atoms with E-state index in [1.807, 2.05) is 6.92 Å². The maximum atomic E-state index is 10.9. The number of aliphatic hydroxyl groups is 1. The van der Waals surface area contributed by atoms with Crippen LogP contribution >= 0.6 is 0 Å². The largest absolute Gasteiger partial charge is 0.396 e. The van der Waals surface area contributed by atoms with Gasteiger partial charge < -0.3 is 15.7 Å². The van der Waals surface area contributed by atoms with Crippen LogP contribution in [0.2, 0.25) is 0 Å². The molecule has 0 aliphatic rings. The van der Waals surface area contributed by atoms with E-state index >= 15 is 0 Å². The van der Waals surface area contributed by atoms with Crippen LogP contribution in [-0.4, -0.2) is 37.3 Å². The molecule has 0 bridgehead atoms. The van der Waals surface area contributed by atoms with E-state index in [-0.39, 0.29) is 12.5 Å². The van der Waals surface area contributed by atoms with Gasteiger partial charge in [-0.15, -0.1) is 0 Å². The van der Waals surface area contributed by atoms with Crippen molar-refractivity contribution >= 4 is 5.91 Å². The molecular formula is C8H18N2O2. The van der Waals surface area contributed by atoms with Gasteiger partial charge in [0.05, 0.1) is 6.54 Å². The molecule has 0 aromatic carbocycles. The van der Waals surface area contributed by atoms with Crippen LogP contribution in [0, 0.1) is 0 Å². The molecule has 0 atom stereocenters. The second-order valence-electron chi connectivity index (χ2n) is 2.60. The minimum Gasteiger partial charge on any atom is -0.396 e. The molecule has 0 aromatic heterocycles. The van der Waals surface area contributed by atoms with Crippen molar-refractivity contribution in [3.63, 3.8) is 0 Å². The van der Waals surface area contributed by atoms with E-state index in [0.29, 0.717) is 19.5 Å². The highest BCUT2D eigenvalue weighted by atomic mass is 16.3. The molecule has 12 heavy (non-hydrogen) atoms. The first kappa shape index (κ1) is 11.4. The molecule has 0 aliphatic carbocycles. The van der Waals surface area contributed by atoms with Gasteiger partial charge in [-0.2, -0.15) is 0 Å². The summed E-state index contributed by atoms with van der Waals surface area (Å²) < 4.78 is 0. The normalized spacial score (nSPS) is 9.83. The van der Waals surface area contributed by atoms with Gasteiger partial charge in [-0.25, -0.2) is 0 Å². The average molecular weight is 174 g/mol. The van der Waals surface area contributed by atoms with Gasteiger partial charge in [-0.3, -0.25) is 4.79 Å². The number of rotatable bonds is 7. The Hall–Kier alpha value is -0.610. The van der Waals surface area contributed by atoms with Gasteiger partial charge in [0.15, 0.2) is 0 Å². The number of hydrogen-bond donors (Lipinski definition) is 3. The zero-order chi connectivity index (χ0) is 9.23. The van der Waals surface area contributed by atoms with Crippen molar-refractivity contribution in [3.05, 3.63) is 0 Å². The molecule has 4 nitrogen and oxygen atoms in total. The molecule has 0 aromatic rings. The summed E-state index contributed by atoms with van der Waals surface area (Å²) in [5, 5.41) is 14.1. The molecule has 0 unspecified atom stereocenters. The molecule has 0 spiro atoms. The van der Waals surface area contributed by atoms with Crippen LogP contribution in [0.25, 0.3) is 0 Å². The summed E-state index contributed by atoms with van der Waals surface area (Å²) in [6.45, 7) is 3.96. The molecule has 0 heterocycles. The molecule has 0 aliphatic heterocycles. The lowest BCUT2D eigenvalue weighted by atomic mass is 10.4. The summed E-state index contributed by atoms with van der Waals surface area (Å²) >= 11 is 0. The van der Waals surface area contributed by atoms with Gasteiger partial charge in [0, 0.05) is 13.2 Å². The first-order chi connectivity index (χ1) is 5.81. The maximum Gasteiger partial charge on any atom is 0.233 e. The number of aliphatic hydroxyl groups excluding tert-OH is 1. The zero-order valence-electron chi connectivity index (χ0n) is 7.60. The van der Waals surface area contributed by atoms with E-state index in [9.17, 15) is 4.79 Å². The summed E-state index contributed by atoms with van der Waals surface area (Å²) in [7, 11) is 0. The van der Waals surface area contributed by atoms with Crippen molar-refractivity contribution in [3.8, 4) is 0 Å². The topological polar surface area (TPSA) is 61.4 Å². The van der Waals surface area contributed by atoms with Gasteiger partial charge in [-0.05, 0) is 19.4 Å². The van der Waals surface area contributed by atoms with Crippen LogP contribution < -0.4 is 10.6 Å². The Morgan fingerprint density at radius 3 is 2.75 bits per heavy atom. The highest BCUT2D eigenvalue weighted by molar-refractivity contribution is 5.77. The smallest absolute Gasteiger partial charge is 0.233 e. The van der Waals surface area contributed by atoms with Gasteiger partial charge in [0.1, 0.15) is 0 Å². The van der Waals surface area contributed by atoms with E-state index in [1.54, 1.807) is 0 Å². The van der Waals surface area contributed by atoms with Gasteiger partial charge >= 0.3 is 0 Å². The Labute approximate surface area is 73.3 Å². The summed E-state index contributed by atoms with van der Waals surface area (Å²) in [6, 6.07) is 0. The number of nitrogens with one attached hydrogen (secondary N) is 2. The van der Waals surface area contributed by atoms with E-state index in [4.69, 9.17) is 5.11 Å². The first-order valence-electron chi connectivity index (χ1n) is 4.39. The van der Waals surface area contributed by atoms with E-state index < -0.39 is 0 Å². The average Bonchev–Trinajstić information content (AvgIpc) is 2.09. The number of carbonyl (C=O) groups is 1. The van der Waals surface area contributed by atoms with Gasteiger partial charge in [0.25, 0.3) is 0 Å². The van der Waals surface area contributed by atoms with Crippen LogP contribution in [0.15, 0.2) is 0 Å². The lowest BCUT2D eigenvalue weighted by Gasteiger charge is -2.04. The van der Waals surface area contributed by atoms with E-state index in [2.05, 4.69) is 10.6 Å². The Bertz CT molecular complexity index is 118. The highest BCUT2D eigenvalue weighted by Gasteiger charge is 1.96. The summed E-state index contributed by atoms with van der Waals surface area (Å²) in [5.41, 5.74) is 0. The molecule has 4 heteroatoms. The second kappa shape index (κ2) is 8.49. The fourth-order valence-corrected chi connectivity index (χ4v) is 0.733. The molecule has 0 rings (SSSR count). The number of carbonyl (C=O) groups excluding carboxylic acids is 1. The Morgan fingerprint density at radius 1 is 1.42 bits per heavy atom. The fourth-order valence-electron chi connectivity index (χ4n) is 0.733. The summed E-state index contributed by atoms with van der Waals surface area (Å²) in [5.74, 6) is 0.0230.